The molecule has 1 saturated heterocycles. The van der Waals surface area contributed by atoms with Gasteiger partial charge in [0.05, 0.1) is 0 Å². The van der Waals surface area contributed by atoms with Crippen LogP contribution in [0.25, 0.3) is 5.32 Å². The van der Waals surface area contributed by atoms with Gasteiger partial charge in [-0.3, -0.25) is 0 Å². The van der Waals surface area contributed by atoms with E-state index in [4.69, 9.17) is 0 Å². The maximum atomic E-state index is 4.21. The summed E-state index contributed by atoms with van der Waals surface area (Å²) in [5.74, 6) is 0.889. The van der Waals surface area contributed by atoms with Crippen molar-refractivity contribution in [1.29, 1.82) is 0 Å². The van der Waals surface area contributed by atoms with E-state index in [1.807, 2.05) is 7.05 Å². The van der Waals surface area contributed by atoms with Crippen LogP contribution in [0, 0.1) is 5.92 Å². The van der Waals surface area contributed by atoms with Crippen LogP contribution < -0.4 is 4.90 Å². The van der Waals surface area contributed by atoms with Gasteiger partial charge in [0, 0.05) is 37.3 Å². The molecule has 16 heavy (non-hydrogen) atoms. The molecule has 1 aromatic carbocycles. The second kappa shape index (κ2) is 6.22. The van der Waals surface area contributed by atoms with E-state index in [2.05, 4.69) is 41.4 Å². The molecule has 1 aliphatic heterocycles. The van der Waals surface area contributed by atoms with E-state index in [1.54, 1.807) is 0 Å². The molecule has 0 amide bonds. The summed E-state index contributed by atoms with van der Waals surface area (Å²) in [6.07, 6.45) is 2.63. The number of hydrogen-bond acceptors (Lipinski definition) is 1. The minimum atomic E-state index is 0. The molecule has 2 rings (SSSR count). The molecule has 1 aliphatic rings. The Bertz CT molecular complexity index is 319. The largest absolute Gasteiger partial charge is 0.687 e. The number of benzene rings is 1. The van der Waals surface area contributed by atoms with Crippen molar-refractivity contribution in [2.45, 2.75) is 19.8 Å². The first-order chi connectivity index (χ1) is 7.29. The predicted molar refractivity (Wildman–Crippen MR) is 66.0 cm³/mol. The Kier molecular flexibility index (Phi) is 5.23. The van der Waals surface area contributed by atoms with Gasteiger partial charge in [0.2, 0.25) is 0 Å². The monoisotopic (exact) mass is 254 g/mol. The van der Waals surface area contributed by atoms with Crippen LogP contribution in [-0.4, -0.2) is 20.1 Å². The van der Waals surface area contributed by atoms with Gasteiger partial charge in [0.1, 0.15) is 0 Å². The van der Waals surface area contributed by atoms with Gasteiger partial charge in [-0.05, 0) is 24.8 Å². The third-order valence-corrected chi connectivity index (χ3v) is 3.24. The third kappa shape index (κ3) is 3.20. The van der Waals surface area contributed by atoms with Gasteiger partial charge >= 0.3 is 0 Å². The summed E-state index contributed by atoms with van der Waals surface area (Å²) in [7, 11) is 1.84. The quantitative estimate of drug-likeness (QED) is 0.788. The van der Waals surface area contributed by atoms with Gasteiger partial charge in [0.25, 0.3) is 0 Å². The predicted octanol–water partition coefficient (Wildman–Crippen LogP) is 3.56. The van der Waals surface area contributed by atoms with E-state index in [1.165, 1.54) is 31.6 Å². The van der Waals surface area contributed by atoms with Crippen LogP contribution in [0.2, 0.25) is 0 Å². The molecule has 0 saturated carbocycles. The van der Waals surface area contributed by atoms with Crippen LogP contribution in [0.3, 0.4) is 0 Å². The van der Waals surface area contributed by atoms with Crippen molar-refractivity contribution in [3.05, 3.63) is 29.6 Å². The smallest absolute Gasteiger partial charge is 0.0353 e. The molecule has 0 atom stereocenters. The number of piperidine rings is 1. The summed E-state index contributed by atoms with van der Waals surface area (Å²) in [6.45, 7) is 4.72. The summed E-state index contributed by atoms with van der Waals surface area (Å²) in [5.41, 5.74) is 2.40. The average Bonchev–Trinajstić information content (AvgIpc) is 2.30. The second-order valence-corrected chi connectivity index (χ2v) is 4.41. The van der Waals surface area contributed by atoms with Crippen molar-refractivity contribution < 1.29 is 18.6 Å². The Morgan fingerprint density at radius 3 is 2.56 bits per heavy atom. The maximum absolute atomic E-state index is 4.21. The summed E-state index contributed by atoms with van der Waals surface area (Å²) < 4.78 is 0. The van der Waals surface area contributed by atoms with E-state index < -0.39 is 0 Å². The SMILES string of the molecule is C[N-]c1cccc(N2CCC(C)CC2)c1.[V]. The van der Waals surface area contributed by atoms with Gasteiger partial charge in [-0.2, -0.15) is 0 Å². The molecule has 0 unspecified atom stereocenters. The van der Waals surface area contributed by atoms with Crippen molar-refractivity contribution in [1.82, 2.24) is 0 Å². The van der Waals surface area contributed by atoms with E-state index >= 15 is 0 Å². The molecule has 1 radical (unpaired) electrons. The summed E-state index contributed by atoms with van der Waals surface area (Å²) in [6, 6.07) is 8.51. The molecule has 87 valence electrons. The van der Waals surface area contributed by atoms with E-state index in [0.29, 0.717) is 0 Å². The van der Waals surface area contributed by atoms with Crippen molar-refractivity contribution in [3.63, 3.8) is 0 Å². The first-order valence-electron chi connectivity index (χ1n) is 5.74. The van der Waals surface area contributed by atoms with Crippen molar-refractivity contribution in [2.75, 3.05) is 25.0 Å². The molecular formula is C13H19N2V-. The molecule has 2 nitrogen and oxygen atoms in total. The van der Waals surface area contributed by atoms with E-state index in [0.717, 1.165) is 11.6 Å². The Morgan fingerprint density at radius 1 is 1.25 bits per heavy atom. The van der Waals surface area contributed by atoms with Crippen LogP contribution >= 0.6 is 0 Å². The zero-order valence-electron chi connectivity index (χ0n) is 10.1. The van der Waals surface area contributed by atoms with Crippen LogP contribution in [0.5, 0.6) is 0 Å². The number of nitrogens with zero attached hydrogens (tertiary/aromatic N) is 2. The topological polar surface area (TPSA) is 17.3 Å². The van der Waals surface area contributed by atoms with Crippen molar-refractivity contribution >= 4 is 11.4 Å². The number of hydrogen-bond donors (Lipinski definition) is 0. The van der Waals surface area contributed by atoms with Gasteiger partial charge in [-0.1, -0.05) is 25.1 Å². The second-order valence-electron chi connectivity index (χ2n) is 4.41. The average molecular weight is 254 g/mol. The van der Waals surface area contributed by atoms with Crippen LogP contribution in [0.15, 0.2) is 24.3 Å². The standard InChI is InChI=1S/C13H19N2.V/c1-11-6-8-15(9-7-11)13-5-3-4-12(10-13)14-2;/h3-5,10-11H,6-9H2,1-2H3;/q-1;. The minimum absolute atomic E-state index is 0. The summed E-state index contributed by atoms with van der Waals surface area (Å²) >= 11 is 0. The number of anilines is 1. The first-order valence-corrected chi connectivity index (χ1v) is 5.74. The van der Waals surface area contributed by atoms with Crippen molar-refractivity contribution in [3.8, 4) is 0 Å². The molecule has 0 N–H and O–H groups in total. The molecule has 0 aromatic heterocycles. The molecule has 0 aliphatic carbocycles. The molecule has 3 heteroatoms. The molecule has 0 bridgehead atoms. The Morgan fingerprint density at radius 2 is 1.94 bits per heavy atom. The Labute approximate surface area is 110 Å². The fourth-order valence-electron chi connectivity index (χ4n) is 2.10. The first kappa shape index (κ1) is 13.5. The minimum Gasteiger partial charge on any atom is -0.687 e. The van der Waals surface area contributed by atoms with E-state index in [-0.39, 0.29) is 18.6 Å². The zero-order chi connectivity index (χ0) is 10.7. The molecular weight excluding hydrogens is 235 g/mol. The third-order valence-electron chi connectivity index (χ3n) is 3.24. The van der Waals surface area contributed by atoms with E-state index in [9.17, 15) is 0 Å². The van der Waals surface area contributed by atoms with Crippen LogP contribution in [-0.2, 0) is 18.6 Å². The Hall–Kier alpha value is -0.596. The summed E-state index contributed by atoms with van der Waals surface area (Å²) in [4.78, 5) is 2.47. The van der Waals surface area contributed by atoms with Gasteiger partial charge in [-0.15, -0.1) is 12.7 Å². The fraction of sp³-hybridized carbons (Fsp3) is 0.538. The van der Waals surface area contributed by atoms with Crippen molar-refractivity contribution in [2.24, 2.45) is 5.92 Å². The Balaban J connectivity index is 0.00000128. The van der Waals surface area contributed by atoms with Crippen LogP contribution in [0.4, 0.5) is 11.4 Å². The zero-order valence-corrected chi connectivity index (χ0v) is 11.5. The normalized spacial score (nSPS) is 16.8. The fourth-order valence-corrected chi connectivity index (χ4v) is 2.10. The summed E-state index contributed by atoms with van der Waals surface area (Å²) in [5, 5.41) is 4.21. The van der Waals surface area contributed by atoms with Gasteiger partial charge in [0.15, 0.2) is 0 Å². The van der Waals surface area contributed by atoms with Gasteiger partial charge < -0.3 is 10.2 Å². The maximum Gasteiger partial charge on any atom is 0.0353 e. The molecule has 1 heterocycles. The van der Waals surface area contributed by atoms with Gasteiger partial charge in [-0.25, -0.2) is 0 Å². The molecule has 0 spiro atoms. The molecule has 1 aromatic rings. The molecule has 1 fully saturated rings. The number of rotatable bonds is 2. The van der Waals surface area contributed by atoms with Crippen LogP contribution in [0.1, 0.15) is 19.8 Å².